The molecule has 0 radical (unpaired) electrons. The lowest BCUT2D eigenvalue weighted by Crippen LogP contribution is -2.30. The fraction of sp³-hybridized carbons (Fsp3) is 0.902. The van der Waals surface area contributed by atoms with Gasteiger partial charge in [-0.1, -0.05) is 232 Å². The number of carbonyl (C=O) groups is 3. The van der Waals surface area contributed by atoms with Crippen molar-refractivity contribution in [1.82, 2.24) is 0 Å². The molecule has 0 bridgehead atoms. The van der Waals surface area contributed by atoms with E-state index in [1.807, 2.05) is 0 Å². The van der Waals surface area contributed by atoms with Crippen LogP contribution in [-0.2, 0) is 28.6 Å². The van der Waals surface area contributed by atoms with Gasteiger partial charge in [-0.05, 0) is 38.5 Å². The molecule has 57 heavy (non-hydrogen) atoms. The normalized spacial score (nSPS) is 12.0. The summed E-state index contributed by atoms with van der Waals surface area (Å²) in [6.07, 6.45) is 50.5. The second kappa shape index (κ2) is 46.8. The Labute approximate surface area is 354 Å². The predicted octanol–water partition coefficient (Wildman–Crippen LogP) is 16.2. The summed E-state index contributed by atoms with van der Waals surface area (Å²) in [4.78, 5) is 37.8. The fourth-order valence-corrected chi connectivity index (χ4v) is 7.42. The Hall–Kier alpha value is -1.85. The lowest BCUT2D eigenvalue weighted by atomic mass is 10.0. The van der Waals surface area contributed by atoms with Crippen LogP contribution in [0.1, 0.15) is 278 Å². The van der Waals surface area contributed by atoms with Crippen LogP contribution in [0.4, 0.5) is 0 Å². The van der Waals surface area contributed by atoms with Crippen molar-refractivity contribution in [1.29, 1.82) is 0 Å². The van der Waals surface area contributed by atoms with Crippen molar-refractivity contribution < 1.29 is 28.6 Å². The zero-order valence-corrected chi connectivity index (χ0v) is 38.4. The highest BCUT2D eigenvalue weighted by molar-refractivity contribution is 5.71. The van der Waals surface area contributed by atoms with Crippen molar-refractivity contribution in [2.45, 2.75) is 284 Å². The number of hydrogen-bond donors (Lipinski definition) is 0. The highest BCUT2D eigenvalue weighted by Gasteiger charge is 2.19. The van der Waals surface area contributed by atoms with Crippen LogP contribution in [0, 0.1) is 0 Å². The zero-order chi connectivity index (χ0) is 41.5. The number of esters is 3. The average molecular weight is 805 g/mol. The van der Waals surface area contributed by atoms with E-state index in [-0.39, 0.29) is 31.1 Å². The highest BCUT2D eigenvalue weighted by atomic mass is 16.6. The van der Waals surface area contributed by atoms with Crippen LogP contribution in [0.2, 0.25) is 0 Å². The van der Waals surface area contributed by atoms with Crippen LogP contribution in [0.15, 0.2) is 12.2 Å². The molecule has 0 saturated carbocycles. The first-order valence-corrected chi connectivity index (χ1v) is 25.2. The van der Waals surface area contributed by atoms with Crippen LogP contribution in [0.5, 0.6) is 0 Å². The van der Waals surface area contributed by atoms with Gasteiger partial charge >= 0.3 is 17.9 Å². The third-order valence-corrected chi connectivity index (χ3v) is 11.3. The topological polar surface area (TPSA) is 78.9 Å². The molecular formula is C51H96O6. The number of carbonyl (C=O) groups excluding carboxylic acids is 3. The first-order chi connectivity index (χ1) is 28.0. The van der Waals surface area contributed by atoms with E-state index in [4.69, 9.17) is 14.2 Å². The predicted molar refractivity (Wildman–Crippen MR) is 243 cm³/mol. The number of rotatable bonds is 46. The molecule has 0 aromatic heterocycles. The van der Waals surface area contributed by atoms with Gasteiger partial charge in [-0.15, -0.1) is 0 Å². The van der Waals surface area contributed by atoms with Gasteiger partial charge in [0.25, 0.3) is 0 Å². The summed E-state index contributed by atoms with van der Waals surface area (Å²) in [5.74, 6) is -0.869. The average Bonchev–Trinajstić information content (AvgIpc) is 3.21. The van der Waals surface area contributed by atoms with Crippen LogP contribution < -0.4 is 0 Å². The van der Waals surface area contributed by atoms with E-state index < -0.39 is 6.10 Å². The second-order valence-corrected chi connectivity index (χ2v) is 17.1. The molecule has 0 aliphatic carbocycles. The summed E-state index contributed by atoms with van der Waals surface area (Å²) in [5, 5.41) is 0. The summed E-state index contributed by atoms with van der Waals surface area (Å²) >= 11 is 0. The maximum absolute atomic E-state index is 12.7. The van der Waals surface area contributed by atoms with Gasteiger partial charge in [0.1, 0.15) is 13.2 Å². The number of hydrogen-bond acceptors (Lipinski definition) is 6. The van der Waals surface area contributed by atoms with E-state index >= 15 is 0 Å². The van der Waals surface area contributed by atoms with Crippen LogP contribution in [-0.4, -0.2) is 37.2 Å². The molecule has 1 atom stereocenters. The number of unbranched alkanes of at least 4 members (excludes halogenated alkanes) is 33. The Morgan fingerprint density at radius 2 is 0.596 bits per heavy atom. The van der Waals surface area contributed by atoms with Gasteiger partial charge in [0.05, 0.1) is 0 Å². The van der Waals surface area contributed by atoms with E-state index in [0.29, 0.717) is 19.3 Å². The molecule has 0 amide bonds. The van der Waals surface area contributed by atoms with Crippen LogP contribution >= 0.6 is 0 Å². The summed E-state index contributed by atoms with van der Waals surface area (Å²) in [7, 11) is 0. The Morgan fingerprint density at radius 3 is 0.930 bits per heavy atom. The van der Waals surface area contributed by atoms with Crippen molar-refractivity contribution in [3.8, 4) is 0 Å². The second-order valence-electron chi connectivity index (χ2n) is 17.1. The fourth-order valence-electron chi connectivity index (χ4n) is 7.42. The molecule has 336 valence electrons. The van der Waals surface area contributed by atoms with E-state index in [2.05, 4.69) is 32.9 Å². The lowest BCUT2D eigenvalue weighted by Gasteiger charge is -2.18. The smallest absolute Gasteiger partial charge is 0.306 e. The first-order valence-electron chi connectivity index (χ1n) is 25.2. The standard InChI is InChI=1S/C51H96O6/c1-4-7-10-13-16-19-22-24-25-26-27-28-30-32-35-38-41-44-50(53)56-47-48(46-55-49(52)43-40-37-34-31-21-18-15-12-9-6-3)57-51(54)45-42-39-36-33-29-23-20-17-14-11-8-5-2/h15,18,48H,4-14,16-17,19-47H2,1-3H3/b18-15-. The monoisotopic (exact) mass is 805 g/mol. The Morgan fingerprint density at radius 1 is 0.333 bits per heavy atom. The summed E-state index contributed by atoms with van der Waals surface area (Å²) in [6.45, 7) is 6.61. The Balaban J connectivity index is 4.27. The van der Waals surface area contributed by atoms with Crippen molar-refractivity contribution in [2.75, 3.05) is 13.2 Å². The SMILES string of the molecule is CCCC/C=C\CCCCCCC(=O)OCC(COC(=O)CCCCCCCCCCCCCCCCCCC)OC(=O)CCCCCCCCCCCCCC. The summed E-state index contributed by atoms with van der Waals surface area (Å²) in [6, 6.07) is 0. The molecular weight excluding hydrogens is 709 g/mol. The maximum atomic E-state index is 12.7. The zero-order valence-electron chi connectivity index (χ0n) is 38.4. The molecule has 0 fully saturated rings. The molecule has 0 aliphatic rings. The number of allylic oxidation sites excluding steroid dienone is 2. The largest absolute Gasteiger partial charge is 0.462 e. The van der Waals surface area contributed by atoms with Gasteiger partial charge in [-0.3, -0.25) is 14.4 Å². The van der Waals surface area contributed by atoms with Crippen molar-refractivity contribution in [2.24, 2.45) is 0 Å². The third-order valence-electron chi connectivity index (χ3n) is 11.3. The first kappa shape index (κ1) is 55.2. The van der Waals surface area contributed by atoms with E-state index in [1.165, 1.54) is 161 Å². The van der Waals surface area contributed by atoms with Gasteiger partial charge in [-0.25, -0.2) is 0 Å². The van der Waals surface area contributed by atoms with Crippen molar-refractivity contribution in [3.05, 3.63) is 12.2 Å². The minimum absolute atomic E-state index is 0.0684. The molecule has 0 saturated heterocycles. The Bertz CT molecular complexity index is 885. The molecule has 6 heteroatoms. The van der Waals surface area contributed by atoms with E-state index in [1.54, 1.807) is 0 Å². The Kier molecular flexibility index (Phi) is 45.3. The van der Waals surface area contributed by atoms with Crippen molar-refractivity contribution in [3.63, 3.8) is 0 Å². The maximum Gasteiger partial charge on any atom is 0.306 e. The van der Waals surface area contributed by atoms with E-state index in [0.717, 1.165) is 77.0 Å². The van der Waals surface area contributed by atoms with Gasteiger partial charge in [0.15, 0.2) is 6.10 Å². The number of ether oxygens (including phenoxy) is 3. The van der Waals surface area contributed by atoms with E-state index in [9.17, 15) is 14.4 Å². The molecule has 0 N–H and O–H groups in total. The highest BCUT2D eigenvalue weighted by Crippen LogP contribution is 2.16. The molecule has 0 aromatic carbocycles. The van der Waals surface area contributed by atoms with Gasteiger partial charge in [-0.2, -0.15) is 0 Å². The molecule has 0 aromatic rings. The van der Waals surface area contributed by atoms with Crippen LogP contribution in [0.3, 0.4) is 0 Å². The van der Waals surface area contributed by atoms with Crippen molar-refractivity contribution >= 4 is 17.9 Å². The third kappa shape index (κ3) is 45.1. The van der Waals surface area contributed by atoms with Crippen LogP contribution in [0.25, 0.3) is 0 Å². The molecule has 0 rings (SSSR count). The summed E-state index contributed by atoms with van der Waals surface area (Å²) in [5.41, 5.74) is 0. The molecule has 6 nitrogen and oxygen atoms in total. The lowest BCUT2D eigenvalue weighted by molar-refractivity contribution is -0.167. The van der Waals surface area contributed by atoms with Gasteiger partial charge < -0.3 is 14.2 Å². The minimum Gasteiger partial charge on any atom is -0.462 e. The van der Waals surface area contributed by atoms with Gasteiger partial charge in [0.2, 0.25) is 0 Å². The molecule has 0 spiro atoms. The summed E-state index contributed by atoms with van der Waals surface area (Å²) < 4.78 is 16.7. The van der Waals surface area contributed by atoms with Gasteiger partial charge in [0, 0.05) is 19.3 Å². The molecule has 0 heterocycles. The molecule has 0 aliphatic heterocycles. The molecule has 1 unspecified atom stereocenters. The quantitative estimate of drug-likeness (QED) is 0.0264. The minimum atomic E-state index is -0.766.